The summed E-state index contributed by atoms with van der Waals surface area (Å²) in [5, 5.41) is 0. The molecule has 0 saturated heterocycles. The van der Waals surface area contributed by atoms with Gasteiger partial charge in [-0.15, -0.1) is 0 Å². The van der Waals surface area contributed by atoms with Gasteiger partial charge in [0.05, 0.1) is 0 Å². The van der Waals surface area contributed by atoms with Crippen molar-refractivity contribution >= 4 is 17.7 Å². The minimum Gasteiger partial charge on any atom is -0.482 e. The van der Waals surface area contributed by atoms with Crippen molar-refractivity contribution in [2.24, 2.45) is 0 Å². The van der Waals surface area contributed by atoms with Gasteiger partial charge in [0.15, 0.2) is 19.0 Å². The van der Waals surface area contributed by atoms with Crippen LogP contribution in [0.3, 0.4) is 0 Å². The van der Waals surface area contributed by atoms with Gasteiger partial charge >= 0.3 is 5.97 Å². The average Bonchev–Trinajstić information content (AvgIpc) is 2.61. The molecule has 1 amide bonds. The lowest BCUT2D eigenvalue weighted by Gasteiger charge is -2.20. The van der Waals surface area contributed by atoms with Gasteiger partial charge in [0.1, 0.15) is 5.75 Å². The number of benzene rings is 1. The number of nitrogens with zero attached hydrogens (tertiary/aromatic N) is 1. The second-order valence-corrected chi connectivity index (χ2v) is 5.62. The van der Waals surface area contributed by atoms with Crippen molar-refractivity contribution in [1.82, 2.24) is 4.90 Å². The molecular formula is C19H25NO5. The number of carbonyl (C=O) groups excluding carboxylic acids is 3. The monoisotopic (exact) mass is 347 g/mol. The largest absolute Gasteiger partial charge is 0.482 e. The molecule has 0 bridgehead atoms. The highest BCUT2D eigenvalue weighted by atomic mass is 16.6. The molecule has 0 spiro atoms. The van der Waals surface area contributed by atoms with E-state index in [4.69, 9.17) is 9.47 Å². The van der Waals surface area contributed by atoms with E-state index in [9.17, 15) is 14.4 Å². The SMILES string of the molecule is C=C(C)CN(CC)C(=O)COC(=O)COc1ccc(C(=O)CC)cc1. The van der Waals surface area contributed by atoms with E-state index in [0.29, 0.717) is 30.8 Å². The van der Waals surface area contributed by atoms with Gasteiger partial charge in [-0.05, 0) is 38.1 Å². The van der Waals surface area contributed by atoms with Crippen LogP contribution in [0.2, 0.25) is 0 Å². The van der Waals surface area contributed by atoms with Crippen molar-refractivity contribution in [2.75, 3.05) is 26.3 Å². The Morgan fingerprint density at radius 2 is 1.72 bits per heavy atom. The molecule has 0 aliphatic carbocycles. The maximum Gasteiger partial charge on any atom is 0.344 e. The number of likely N-dealkylation sites (N-methyl/N-ethyl adjacent to an activating group) is 1. The summed E-state index contributed by atoms with van der Waals surface area (Å²) in [6.45, 7) is 9.55. The second-order valence-electron chi connectivity index (χ2n) is 5.62. The van der Waals surface area contributed by atoms with Gasteiger partial charge < -0.3 is 14.4 Å². The zero-order valence-electron chi connectivity index (χ0n) is 15.0. The molecule has 1 rings (SSSR count). The Morgan fingerprint density at radius 1 is 1.08 bits per heavy atom. The average molecular weight is 347 g/mol. The lowest BCUT2D eigenvalue weighted by atomic mass is 10.1. The number of esters is 1. The molecule has 0 atom stereocenters. The zero-order chi connectivity index (χ0) is 18.8. The highest BCUT2D eigenvalue weighted by Gasteiger charge is 2.14. The molecule has 1 aromatic carbocycles. The van der Waals surface area contributed by atoms with Crippen molar-refractivity contribution in [2.45, 2.75) is 27.2 Å². The Morgan fingerprint density at radius 3 is 2.24 bits per heavy atom. The molecule has 0 N–H and O–H groups in total. The van der Waals surface area contributed by atoms with E-state index in [1.807, 2.05) is 13.8 Å². The predicted octanol–water partition coefficient (Wildman–Crippen LogP) is 2.63. The summed E-state index contributed by atoms with van der Waals surface area (Å²) in [6.07, 6.45) is 0.431. The van der Waals surface area contributed by atoms with Crippen LogP contribution >= 0.6 is 0 Å². The van der Waals surface area contributed by atoms with Gasteiger partial charge in [0.25, 0.3) is 5.91 Å². The molecule has 0 saturated carbocycles. The quantitative estimate of drug-likeness (QED) is 0.370. The van der Waals surface area contributed by atoms with Crippen LogP contribution in [0.15, 0.2) is 36.4 Å². The number of carbonyl (C=O) groups is 3. The number of rotatable bonds is 10. The molecule has 1 aromatic rings. The first-order valence-corrected chi connectivity index (χ1v) is 8.21. The third kappa shape index (κ3) is 7.20. The smallest absolute Gasteiger partial charge is 0.344 e. The molecule has 25 heavy (non-hydrogen) atoms. The van der Waals surface area contributed by atoms with E-state index in [-0.39, 0.29) is 24.9 Å². The Bertz CT molecular complexity index is 621. The van der Waals surface area contributed by atoms with E-state index in [0.717, 1.165) is 5.57 Å². The third-order valence-corrected chi connectivity index (χ3v) is 3.41. The summed E-state index contributed by atoms with van der Waals surface area (Å²) >= 11 is 0. The molecular weight excluding hydrogens is 322 g/mol. The number of amides is 1. The van der Waals surface area contributed by atoms with Gasteiger partial charge in [-0.25, -0.2) is 4.79 Å². The number of Topliss-reactive ketones (excluding diaryl/α,β-unsaturated/α-hetero) is 1. The molecule has 136 valence electrons. The summed E-state index contributed by atoms with van der Waals surface area (Å²) in [5.41, 5.74) is 1.45. The van der Waals surface area contributed by atoms with Crippen LogP contribution < -0.4 is 4.74 Å². The highest BCUT2D eigenvalue weighted by molar-refractivity contribution is 5.95. The number of ketones is 1. The highest BCUT2D eigenvalue weighted by Crippen LogP contribution is 2.13. The van der Waals surface area contributed by atoms with Crippen molar-refractivity contribution in [3.05, 3.63) is 42.0 Å². The van der Waals surface area contributed by atoms with E-state index in [1.165, 1.54) is 0 Å². The van der Waals surface area contributed by atoms with E-state index < -0.39 is 5.97 Å². The third-order valence-electron chi connectivity index (χ3n) is 3.41. The molecule has 0 fully saturated rings. The Balaban J connectivity index is 2.40. The fourth-order valence-corrected chi connectivity index (χ4v) is 2.06. The summed E-state index contributed by atoms with van der Waals surface area (Å²) in [5.74, 6) is -0.414. The minimum atomic E-state index is -0.631. The van der Waals surface area contributed by atoms with Gasteiger partial charge in [-0.3, -0.25) is 9.59 Å². The van der Waals surface area contributed by atoms with Crippen molar-refractivity contribution in [3.63, 3.8) is 0 Å². The molecule has 0 unspecified atom stereocenters. The van der Waals surface area contributed by atoms with E-state index in [1.54, 1.807) is 36.1 Å². The predicted molar refractivity (Wildman–Crippen MR) is 94.6 cm³/mol. The van der Waals surface area contributed by atoms with Gasteiger partial charge in [0, 0.05) is 25.1 Å². The fraction of sp³-hybridized carbons (Fsp3) is 0.421. The van der Waals surface area contributed by atoms with Crippen molar-refractivity contribution in [3.8, 4) is 5.75 Å². The first kappa shape index (κ1) is 20.4. The fourth-order valence-electron chi connectivity index (χ4n) is 2.06. The molecule has 6 nitrogen and oxygen atoms in total. The van der Waals surface area contributed by atoms with Crippen LogP contribution in [0.1, 0.15) is 37.6 Å². The summed E-state index contributed by atoms with van der Waals surface area (Å²) in [7, 11) is 0. The minimum absolute atomic E-state index is 0.0414. The number of hydrogen-bond donors (Lipinski definition) is 0. The van der Waals surface area contributed by atoms with E-state index >= 15 is 0 Å². The van der Waals surface area contributed by atoms with Crippen LogP contribution in [-0.2, 0) is 14.3 Å². The summed E-state index contributed by atoms with van der Waals surface area (Å²) in [4.78, 5) is 36.7. The lowest BCUT2D eigenvalue weighted by molar-refractivity contribution is -0.153. The molecule has 0 radical (unpaired) electrons. The molecule has 0 aliphatic rings. The lowest BCUT2D eigenvalue weighted by Crippen LogP contribution is -2.36. The number of ether oxygens (including phenoxy) is 2. The molecule has 0 heterocycles. The van der Waals surface area contributed by atoms with Gasteiger partial charge in [-0.2, -0.15) is 0 Å². The second kappa shape index (κ2) is 10.3. The Kier molecular flexibility index (Phi) is 8.39. The first-order chi connectivity index (χ1) is 11.9. The molecule has 0 aliphatic heterocycles. The maximum atomic E-state index is 12.0. The van der Waals surface area contributed by atoms with Gasteiger partial charge in [-0.1, -0.05) is 19.1 Å². The Hall–Kier alpha value is -2.63. The van der Waals surface area contributed by atoms with Crippen LogP contribution in [0.5, 0.6) is 5.75 Å². The summed E-state index contributed by atoms with van der Waals surface area (Å²) < 4.78 is 10.2. The van der Waals surface area contributed by atoms with Gasteiger partial charge in [0.2, 0.25) is 0 Å². The van der Waals surface area contributed by atoms with Crippen LogP contribution in [0.4, 0.5) is 0 Å². The van der Waals surface area contributed by atoms with Crippen molar-refractivity contribution < 1.29 is 23.9 Å². The first-order valence-electron chi connectivity index (χ1n) is 8.21. The molecule has 0 aromatic heterocycles. The van der Waals surface area contributed by atoms with Crippen molar-refractivity contribution in [1.29, 1.82) is 0 Å². The Labute approximate surface area is 148 Å². The standard InChI is InChI=1S/C19H25NO5/c1-5-17(21)15-7-9-16(10-8-15)24-13-19(23)25-12-18(22)20(6-2)11-14(3)4/h7-10H,3,5-6,11-13H2,1-2,4H3. The van der Waals surface area contributed by atoms with E-state index in [2.05, 4.69) is 6.58 Å². The maximum absolute atomic E-state index is 12.0. The number of hydrogen-bond acceptors (Lipinski definition) is 5. The molecule has 6 heteroatoms. The summed E-state index contributed by atoms with van der Waals surface area (Å²) in [6, 6.07) is 6.53. The zero-order valence-corrected chi connectivity index (χ0v) is 15.0. The van der Waals surface area contributed by atoms with Crippen LogP contribution in [-0.4, -0.2) is 48.9 Å². The van der Waals surface area contributed by atoms with Crippen LogP contribution in [0.25, 0.3) is 0 Å². The van der Waals surface area contributed by atoms with Crippen LogP contribution in [0, 0.1) is 0 Å². The normalized spacial score (nSPS) is 10.0. The topological polar surface area (TPSA) is 72.9 Å².